The van der Waals surface area contributed by atoms with E-state index in [-0.39, 0.29) is 23.0 Å². The Morgan fingerprint density at radius 1 is 1.24 bits per heavy atom. The largest absolute Gasteiger partial charge is 0.492 e. The zero-order chi connectivity index (χ0) is 23.2. The minimum atomic E-state index is -0.263. The van der Waals surface area contributed by atoms with Crippen LogP contribution in [-0.4, -0.2) is 39.7 Å². The number of benzene rings is 2. The number of nitrogens with zero attached hydrogens (tertiary/aromatic N) is 2. The summed E-state index contributed by atoms with van der Waals surface area (Å²) >= 11 is 1.19. The molecule has 2 aromatic carbocycles. The van der Waals surface area contributed by atoms with E-state index < -0.39 is 0 Å². The van der Waals surface area contributed by atoms with Gasteiger partial charge in [0.05, 0.1) is 29.3 Å². The maximum absolute atomic E-state index is 13.1. The predicted octanol–water partition coefficient (Wildman–Crippen LogP) is 3.60. The van der Waals surface area contributed by atoms with Crippen molar-refractivity contribution in [2.75, 3.05) is 24.2 Å². The third kappa shape index (κ3) is 6.00. The van der Waals surface area contributed by atoms with Gasteiger partial charge >= 0.3 is 0 Å². The third-order valence-corrected chi connectivity index (χ3v) is 6.12. The molecular formula is C24H25FN4O3S. The first-order chi connectivity index (χ1) is 16.0. The minimum Gasteiger partial charge on any atom is -0.492 e. The number of carbonyl (C=O) groups excluding carboxylic acids is 1. The van der Waals surface area contributed by atoms with Crippen LogP contribution in [-0.2, 0) is 24.3 Å². The number of carbonyl (C=O) groups is 1. The number of halogens is 1. The van der Waals surface area contributed by atoms with Gasteiger partial charge in [-0.25, -0.2) is 9.37 Å². The van der Waals surface area contributed by atoms with Gasteiger partial charge in [-0.2, -0.15) is 0 Å². The summed E-state index contributed by atoms with van der Waals surface area (Å²) < 4.78 is 18.7. The second-order valence-electron chi connectivity index (χ2n) is 7.65. The van der Waals surface area contributed by atoms with Gasteiger partial charge in [0.15, 0.2) is 5.16 Å². The average molecular weight is 469 g/mol. The van der Waals surface area contributed by atoms with Gasteiger partial charge in [0.1, 0.15) is 11.6 Å². The number of aromatic amines is 1. The van der Waals surface area contributed by atoms with Crippen molar-refractivity contribution in [1.29, 1.82) is 0 Å². The van der Waals surface area contributed by atoms with E-state index in [9.17, 15) is 14.0 Å². The summed E-state index contributed by atoms with van der Waals surface area (Å²) in [6, 6.07) is 13.6. The van der Waals surface area contributed by atoms with Crippen molar-refractivity contribution in [2.45, 2.75) is 31.6 Å². The number of hydrogen-bond acceptors (Lipinski definition) is 6. The molecule has 33 heavy (non-hydrogen) atoms. The van der Waals surface area contributed by atoms with Crippen LogP contribution in [0.1, 0.15) is 23.7 Å². The van der Waals surface area contributed by atoms with Gasteiger partial charge < -0.3 is 15.0 Å². The van der Waals surface area contributed by atoms with Gasteiger partial charge in [0, 0.05) is 26.1 Å². The smallest absolute Gasteiger partial charge is 0.256 e. The Balaban J connectivity index is 1.36. The lowest BCUT2D eigenvalue weighted by Crippen LogP contribution is -2.35. The Bertz CT molecular complexity index is 1180. The lowest BCUT2D eigenvalue weighted by molar-refractivity contribution is -0.113. The lowest BCUT2D eigenvalue weighted by Gasteiger charge is -2.27. The molecule has 1 aromatic heterocycles. The van der Waals surface area contributed by atoms with E-state index in [4.69, 9.17) is 4.74 Å². The molecule has 3 aromatic rings. The van der Waals surface area contributed by atoms with Crippen LogP contribution < -0.4 is 15.6 Å². The van der Waals surface area contributed by atoms with E-state index in [2.05, 4.69) is 20.2 Å². The van der Waals surface area contributed by atoms with E-state index in [0.717, 1.165) is 17.8 Å². The molecule has 1 amide bonds. The normalized spacial score (nSPS) is 13.4. The first kappa shape index (κ1) is 23.0. The van der Waals surface area contributed by atoms with Crippen LogP contribution in [0, 0.1) is 5.82 Å². The van der Waals surface area contributed by atoms with Gasteiger partial charge in [-0.15, -0.1) is 0 Å². The van der Waals surface area contributed by atoms with Crippen LogP contribution in [0.15, 0.2) is 58.5 Å². The minimum absolute atomic E-state index is 0.110. The molecule has 0 radical (unpaired) electrons. The number of amides is 1. The molecule has 4 rings (SSSR count). The van der Waals surface area contributed by atoms with Crippen LogP contribution in [0.25, 0.3) is 0 Å². The fourth-order valence-corrected chi connectivity index (χ4v) is 4.36. The molecule has 0 spiro atoms. The Morgan fingerprint density at radius 3 is 2.82 bits per heavy atom. The first-order valence-corrected chi connectivity index (χ1v) is 11.7. The zero-order valence-electron chi connectivity index (χ0n) is 18.3. The number of nitrogens with one attached hydrogen (secondary N) is 2. The number of anilines is 1. The van der Waals surface area contributed by atoms with Crippen LogP contribution >= 0.6 is 11.8 Å². The van der Waals surface area contributed by atoms with Gasteiger partial charge in [-0.05, 0) is 36.8 Å². The van der Waals surface area contributed by atoms with Crippen molar-refractivity contribution < 1.29 is 13.9 Å². The number of ether oxygens (including phenoxy) is 1. The maximum Gasteiger partial charge on any atom is 0.256 e. The molecule has 0 fully saturated rings. The molecular weight excluding hydrogens is 443 g/mol. The van der Waals surface area contributed by atoms with Crippen molar-refractivity contribution in [3.8, 4) is 5.75 Å². The highest BCUT2D eigenvalue weighted by Crippen LogP contribution is 2.24. The number of hydrogen-bond donors (Lipinski definition) is 2. The number of rotatable bonds is 8. The third-order valence-electron chi connectivity index (χ3n) is 5.25. The summed E-state index contributed by atoms with van der Waals surface area (Å²) in [4.78, 5) is 34.6. The molecule has 0 saturated carbocycles. The monoisotopic (exact) mass is 468 g/mol. The fraction of sp³-hybridized carbons (Fsp3) is 0.292. The Kier molecular flexibility index (Phi) is 7.41. The summed E-state index contributed by atoms with van der Waals surface area (Å²) in [5.41, 5.74) is 2.82. The van der Waals surface area contributed by atoms with Gasteiger partial charge in [-0.1, -0.05) is 36.0 Å². The maximum atomic E-state index is 13.1. The Hall–Kier alpha value is -3.17. The molecule has 7 nitrogen and oxygen atoms in total. The van der Waals surface area contributed by atoms with Crippen molar-refractivity contribution in [3.05, 3.63) is 81.5 Å². The molecule has 0 bridgehead atoms. The lowest BCUT2D eigenvalue weighted by atomic mass is 10.1. The SMILES string of the molecule is CCOc1ccccc1NC(=O)CSc1nc2c(c(=O)[nH]1)CN(Cc1ccc(F)cc1)CC2. The average Bonchev–Trinajstić information content (AvgIpc) is 2.81. The second-order valence-corrected chi connectivity index (χ2v) is 8.61. The molecule has 9 heteroatoms. The number of para-hydroxylation sites is 2. The van der Waals surface area contributed by atoms with Crippen LogP contribution in [0.5, 0.6) is 5.75 Å². The number of fused-ring (bicyclic) bond motifs is 1. The Labute approximate surface area is 195 Å². The number of aromatic nitrogens is 2. The molecule has 2 N–H and O–H groups in total. The molecule has 1 aliphatic heterocycles. The predicted molar refractivity (Wildman–Crippen MR) is 126 cm³/mol. The molecule has 172 valence electrons. The molecule has 0 unspecified atom stereocenters. The van der Waals surface area contributed by atoms with E-state index in [1.807, 2.05) is 19.1 Å². The van der Waals surface area contributed by atoms with E-state index in [0.29, 0.717) is 48.3 Å². The summed E-state index contributed by atoms with van der Waals surface area (Å²) in [5.74, 6) is 0.251. The van der Waals surface area contributed by atoms with E-state index in [1.54, 1.807) is 24.3 Å². The standard InChI is InChI=1S/C24H25FN4O3S/c1-2-32-21-6-4-3-5-20(21)26-22(30)15-33-24-27-19-11-12-29(14-18(19)23(31)28-24)13-16-7-9-17(25)10-8-16/h3-10H,2,11-15H2,1H3,(H,26,30)(H,27,28,31). The Morgan fingerprint density at radius 2 is 2.03 bits per heavy atom. The van der Waals surface area contributed by atoms with Gasteiger partial charge in [0.25, 0.3) is 5.56 Å². The van der Waals surface area contributed by atoms with Crippen molar-refractivity contribution in [3.63, 3.8) is 0 Å². The fourth-order valence-electron chi connectivity index (χ4n) is 3.68. The quantitative estimate of drug-likeness (QED) is 0.388. The van der Waals surface area contributed by atoms with E-state index >= 15 is 0 Å². The molecule has 0 saturated heterocycles. The van der Waals surface area contributed by atoms with Crippen molar-refractivity contribution in [1.82, 2.24) is 14.9 Å². The zero-order valence-corrected chi connectivity index (χ0v) is 19.1. The van der Waals surface area contributed by atoms with Gasteiger partial charge in [-0.3, -0.25) is 14.5 Å². The highest BCUT2D eigenvalue weighted by Gasteiger charge is 2.21. The number of thioether (sulfide) groups is 1. The topological polar surface area (TPSA) is 87.3 Å². The van der Waals surface area contributed by atoms with Crippen molar-refractivity contribution >= 4 is 23.4 Å². The van der Waals surface area contributed by atoms with Gasteiger partial charge in [0.2, 0.25) is 5.91 Å². The van der Waals surface area contributed by atoms with E-state index in [1.165, 1.54) is 23.9 Å². The van der Waals surface area contributed by atoms with Crippen LogP contribution in [0.4, 0.5) is 10.1 Å². The molecule has 1 aliphatic rings. The number of H-pyrrole nitrogens is 1. The van der Waals surface area contributed by atoms with Crippen LogP contribution in [0.3, 0.4) is 0 Å². The summed E-state index contributed by atoms with van der Waals surface area (Å²) in [6.45, 7) is 4.26. The highest BCUT2D eigenvalue weighted by atomic mass is 32.2. The summed E-state index contributed by atoms with van der Waals surface area (Å²) in [5, 5.41) is 3.27. The van der Waals surface area contributed by atoms with Crippen molar-refractivity contribution in [2.24, 2.45) is 0 Å². The highest BCUT2D eigenvalue weighted by molar-refractivity contribution is 7.99. The first-order valence-electron chi connectivity index (χ1n) is 10.7. The second kappa shape index (κ2) is 10.6. The molecule has 0 aliphatic carbocycles. The molecule has 0 atom stereocenters. The summed E-state index contributed by atoms with van der Waals surface area (Å²) in [7, 11) is 0. The van der Waals surface area contributed by atoms with Crippen LogP contribution in [0.2, 0.25) is 0 Å². The summed E-state index contributed by atoms with van der Waals surface area (Å²) in [6.07, 6.45) is 0.641. The molecule has 2 heterocycles.